The molecule has 6 nitrogen and oxygen atoms in total. The van der Waals surface area contributed by atoms with Crippen LogP contribution in [0.4, 0.5) is 5.69 Å². The number of halogens is 1. The molecule has 1 aromatic rings. The minimum atomic E-state index is -0.557. The molecular formula is C20H30ClN3O3. The maximum Gasteiger partial charge on any atom is 0.253 e. The first-order valence-corrected chi connectivity index (χ1v) is 9.63. The highest BCUT2D eigenvalue weighted by atomic mass is 35.5. The number of rotatable bonds is 4. The molecule has 2 heterocycles. The Morgan fingerprint density at radius 3 is 2.19 bits per heavy atom. The molecule has 3 rings (SSSR count). The minimum absolute atomic E-state index is 0. The van der Waals surface area contributed by atoms with Crippen LogP contribution in [-0.4, -0.2) is 49.6 Å². The molecule has 2 aliphatic rings. The largest absolute Gasteiger partial charge is 0.381 e. The fraction of sp³-hybridized carbons (Fsp3) is 0.600. The lowest BCUT2D eigenvalue weighted by molar-refractivity contribution is -0.130. The van der Waals surface area contributed by atoms with Gasteiger partial charge in [-0.25, -0.2) is 0 Å². The minimum Gasteiger partial charge on any atom is -0.381 e. The quantitative estimate of drug-likeness (QED) is 0.820. The zero-order chi connectivity index (χ0) is 18.4. The van der Waals surface area contributed by atoms with Gasteiger partial charge in [-0.1, -0.05) is 12.8 Å². The van der Waals surface area contributed by atoms with Gasteiger partial charge in [0.1, 0.15) is 0 Å². The number of nitrogens with zero attached hydrogens (tertiary/aromatic N) is 1. The molecule has 1 aromatic carbocycles. The third kappa shape index (κ3) is 5.21. The van der Waals surface area contributed by atoms with Crippen LogP contribution in [0.15, 0.2) is 24.3 Å². The van der Waals surface area contributed by atoms with E-state index < -0.39 is 5.41 Å². The maximum atomic E-state index is 12.7. The molecule has 2 amide bonds. The Morgan fingerprint density at radius 1 is 1.04 bits per heavy atom. The fourth-order valence-electron chi connectivity index (χ4n) is 3.70. The normalized spacial score (nSPS) is 19.5. The van der Waals surface area contributed by atoms with Gasteiger partial charge in [-0.3, -0.25) is 9.59 Å². The molecule has 0 atom stereocenters. The van der Waals surface area contributed by atoms with E-state index in [-0.39, 0.29) is 24.2 Å². The number of nitrogens with one attached hydrogen (secondary N) is 1. The summed E-state index contributed by atoms with van der Waals surface area (Å²) in [6, 6.07) is 7.18. The van der Waals surface area contributed by atoms with Crippen LogP contribution in [0.5, 0.6) is 0 Å². The Labute approximate surface area is 167 Å². The van der Waals surface area contributed by atoms with Gasteiger partial charge in [0.15, 0.2) is 0 Å². The summed E-state index contributed by atoms with van der Waals surface area (Å²) in [6.45, 7) is 3.10. The van der Waals surface area contributed by atoms with Gasteiger partial charge < -0.3 is 20.7 Å². The van der Waals surface area contributed by atoms with Gasteiger partial charge in [0, 0.05) is 44.1 Å². The third-order valence-electron chi connectivity index (χ3n) is 5.61. The average Bonchev–Trinajstić information content (AvgIpc) is 2.98. The van der Waals surface area contributed by atoms with Crippen molar-refractivity contribution in [2.24, 2.45) is 11.1 Å². The van der Waals surface area contributed by atoms with Gasteiger partial charge in [0.25, 0.3) is 5.91 Å². The third-order valence-corrected chi connectivity index (χ3v) is 5.61. The molecule has 2 fully saturated rings. The number of carbonyl (C=O) groups excluding carboxylic acids is 2. The van der Waals surface area contributed by atoms with Crippen molar-refractivity contribution >= 4 is 29.9 Å². The lowest BCUT2D eigenvalue weighted by atomic mass is 9.79. The Bertz CT molecular complexity index is 622. The number of carbonyl (C=O) groups is 2. The molecule has 150 valence electrons. The molecular weight excluding hydrogens is 366 g/mol. The summed E-state index contributed by atoms with van der Waals surface area (Å²) in [5.41, 5.74) is 6.70. The van der Waals surface area contributed by atoms with Crippen LogP contribution in [0.25, 0.3) is 0 Å². The Morgan fingerprint density at radius 2 is 1.63 bits per heavy atom. The van der Waals surface area contributed by atoms with Crippen LogP contribution in [0.1, 0.15) is 48.9 Å². The number of amides is 2. The number of ether oxygens (including phenoxy) is 1. The molecule has 0 spiro atoms. The van der Waals surface area contributed by atoms with Crippen molar-refractivity contribution in [3.63, 3.8) is 0 Å². The zero-order valence-corrected chi connectivity index (χ0v) is 16.6. The van der Waals surface area contributed by atoms with Crippen LogP contribution in [-0.2, 0) is 9.53 Å². The van der Waals surface area contributed by atoms with Gasteiger partial charge in [0.2, 0.25) is 5.91 Å². The SMILES string of the molecule is Cl.NCC1(C(=O)Nc2ccc(C(=O)N3CCCCCC3)cc2)CCOCC1. The predicted molar refractivity (Wildman–Crippen MR) is 108 cm³/mol. The fourth-order valence-corrected chi connectivity index (χ4v) is 3.70. The molecule has 0 unspecified atom stereocenters. The van der Waals surface area contributed by atoms with Crippen molar-refractivity contribution in [3.8, 4) is 0 Å². The molecule has 0 aliphatic carbocycles. The Hall–Kier alpha value is -1.63. The van der Waals surface area contributed by atoms with Crippen molar-refractivity contribution in [1.29, 1.82) is 0 Å². The molecule has 0 bridgehead atoms. The number of nitrogens with two attached hydrogens (primary N) is 1. The first-order valence-electron chi connectivity index (χ1n) is 9.63. The highest BCUT2D eigenvalue weighted by molar-refractivity contribution is 5.97. The number of benzene rings is 1. The molecule has 2 saturated heterocycles. The van der Waals surface area contributed by atoms with Gasteiger partial charge in [-0.15, -0.1) is 12.4 Å². The van der Waals surface area contributed by atoms with Crippen molar-refractivity contribution in [2.45, 2.75) is 38.5 Å². The van der Waals surface area contributed by atoms with Gasteiger partial charge in [-0.2, -0.15) is 0 Å². The smallest absolute Gasteiger partial charge is 0.253 e. The van der Waals surface area contributed by atoms with Crippen LogP contribution >= 0.6 is 12.4 Å². The lowest BCUT2D eigenvalue weighted by Crippen LogP contribution is -2.46. The van der Waals surface area contributed by atoms with E-state index in [4.69, 9.17) is 10.5 Å². The van der Waals surface area contributed by atoms with Crippen molar-refractivity contribution in [1.82, 2.24) is 4.90 Å². The van der Waals surface area contributed by atoms with Gasteiger partial charge in [0.05, 0.1) is 5.41 Å². The topological polar surface area (TPSA) is 84.7 Å². The first kappa shape index (κ1) is 21.7. The van der Waals surface area contributed by atoms with Crippen molar-refractivity contribution in [3.05, 3.63) is 29.8 Å². The zero-order valence-electron chi connectivity index (χ0n) is 15.7. The van der Waals surface area contributed by atoms with E-state index in [0.29, 0.717) is 43.9 Å². The molecule has 7 heteroatoms. The summed E-state index contributed by atoms with van der Waals surface area (Å²) < 4.78 is 5.36. The predicted octanol–water partition coefficient (Wildman–Crippen LogP) is 2.82. The second-order valence-corrected chi connectivity index (χ2v) is 7.33. The van der Waals surface area contributed by atoms with Crippen molar-refractivity contribution in [2.75, 3.05) is 38.2 Å². The van der Waals surface area contributed by atoms with E-state index in [0.717, 1.165) is 25.9 Å². The highest BCUT2D eigenvalue weighted by Gasteiger charge is 2.38. The summed E-state index contributed by atoms with van der Waals surface area (Å²) >= 11 is 0. The van der Waals surface area contributed by atoms with Crippen LogP contribution in [0.2, 0.25) is 0 Å². The van der Waals surface area contributed by atoms with E-state index in [1.807, 2.05) is 4.90 Å². The Balaban J connectivity index is 0.00000261. The molecule has 0 saturated carbocycles. The van der Waals surface area contributed by atoms with Crippen molar-refractivity contribution < 1.29 is 14.3 Å². The Kier molecular flexibility index (Phi) is 8.07. The standard InChI is InChI=1S/C20H29N3O3.ClH/c21-15-20(9-13-26-14-10-20)19(25)22-17-7-5-16(6-8-17)18(24)23-11-3-1-2-4-12-23;/h5-8H,1-4,9-15,21H2,(H,22,25);1H. The second kappa shape index (κ2) is 10.1. The second-order valence-electron chi connectivity index (χ2n) is 7.33. The molecule has 0 aromatic heterocycles. The molecule has 27 heavy (non-hydrogen) atoms. The molecule has 2 aliphatic heterocycles. The van der Waals surface area contributed by atoms with E-state index in [1.165, 1.54) is 12.8 Å². The van der Waals surface area contributed by atoms with Crippen LogP contribution in [0, 0.1) is 5.41 Å². The summed E-state index contributed by atoms with van der Waals surface area (Å²) in [6.07, 6.45) is 5.82. The van der Waals surface area contributed by atoms with E-state index in [2.05, 4.69) is 5.32 Å². The lowest BCUT2D eigenvalue weighted by Gasteiger charge is -2.34. The molecule has 0 radical (unpaired) electrons. The van der Waals surface area contributed by atoms with Crippen LogP contribution in [0.3, 0.4) is 0 Å². The molecule has 3 N–H and O–H groups in total. The average molecular weight is 396 g/mol. The number of anilines is 1. The van der Waals surface area contributed by atoms with E-state index in [1.54, 1.807) is 24.3 Å². The van der Waals surface area contributed by atoms with Crippen LogP contribution < -0.4 is 11.1 Å². The van der Waals surface area contributed by atoms with Gasteiger partial charge >= 0.3 is 0 Å². The van der Waals surface area contributed by atoms with Gasteiger partial charge in [-0.05, 0) is 49.9 Å². The summed E-state index contributed by atoms with van der Waals surface area (Å²) in [4.78, 5) is 27.3. The monoisotopic (exact) mass is 395 g/mol. The summed E-state index contributed by atoms with van der Waals surface area (Å²) in [5.74, 6) is 0.0162. The van der Waals surface area contributed by atoms with E-state index in [9.17, 15) is 9.59 Å². The number of hydrogen-bond acceptors (Lipinski definition) is 4. The number of hydrogen-bond donors (Lipinski definition) is 2. The maximum absolute atomic E-state index is 12.7. The van der Waals surface area contributed by atoms with E-state index >= 15 is 0 Å². The summed E-state index contributed by atoms with van der Waals surface area (Å²) in [7, 11) is 0. The highest BCUT2D eigenvalue weighted by Crippen LogP contribution is 2.31. The first-order chi connectivity index (χ1) is 12.6. The number of likely N-dealkylation sites (tertiary alicyclic amines) is 1. The summed E-state index contributed by atoms with van der Waals surface area (Å²) in [5, 5.41) is 2.96.